The molecule has 4 heterocycles. The molecule has 0 radical (unpaired) electrons. The van der Waals surface area contributed by atoms with Crippen LogP contribution >= 0.6 is 0 Å². The molecule has 1 aromatic carbocycles. The number of carbonyl (C=O) groups is 1. The van der Waals surface area contributed by atoms with Gasteiger partial charge in [0.25, 0.3) is 5.91 Å². The van der Waals surface area contributed by atoms with Crippen LogP contribution in [0.2, 0.25) is 0 Å². The van der Waals surface area contributed by atoms with Gasteiger partial charge in [0, 0.05) is 23.7 Å². The molecule has 0 unspecified atom stereocenters. The fourth-order valence-electron chi connectivity index (χ4n) is 3.73. The van der Waals surface area contributed by atoms with E-state index in [0.29, 0.717) is 52.4 Å². The molecule has 0 fully saturated rings. The summed E-state index contributed by atoms with van der Waals surface area (Å²) in [6, 6.07) is 10.4. The predicted octanol–water partition coefficient (Wildman–Crippen LogP) is 4.87. The molecular weight excluding hydrogens is 478 g/mol. The van der Waals surface area contributed by atoms with E-state index >= 15 is 0 Å². The van der Waals surface area contributed by atoms with Gasteiger partial charge in [-0.15, -0.1) is 0 Å². The summed E-state index contributed by atoms with van der Waals surface area (Å²) in [5.74, 6) is 2.40. The van der Waals surface area contributed by atoms with E-state index in [4.69, 9.17) is 23.4 Å². The molecule has 0 aliphatic rings. The van der Waals surface area contributed by atoms with Gasteiger partial charge in [0.05, 0.1) is 45.0 Å². The summed E-state index contributed by atoms with van der Waals surface area (Å²) >= 11 is 0. The minimum absolute atomic E-state index is 0.220. The lowest BCUT2D eigenvalue weighted by atomic mass is 10.2. The van der Waals surface area contributed by atoms with Crippen molar-refractivity contribution in [2.75, 3.05) is 26.1 Å². The summed E-state index contributed by atoms with van der Waals surface area (Å²) in [4.78, 5) is 21.8. The van der Waals surface area contributed by atoms with Crippen LogP contribution in [0.3, 0.4) is 0 Å². The molecule has 4 aromatic heterocycles. The average Bonchev–Trinajstić information content (AvgIpc) is 3.60. The van der Waals surface area contributed by atoms with Crippen LogP contribution in [0, 0.1) is 0 Å². The number of pyridine rings is 2. The lowest BCUT2D eigenvalue weighted by molar-refractivity contribution is 0.101. The van der Waals surface area contributed by atoms with Gasteiger partial charge >= 0.3 is 0 Å². The zero-order chi connectivity index (χ0) is 25.8. The highest BCUT2D eigenvalue weighted by atomic mass is 16.5. The van der Waals surface area contributed by atoms with E-state index in [9.17, 15) is 4.79 Å². The van der Waals surface area contributed by atoms with Crippen LogP contribution in [0.1, 0.15) is 17.4 Å². The van der Waals surface area contributed by atoms with Crippen molar-refractivity contribution in [1.82, 2.24) is 19.7 Å². The number of anilines is 1. The molecule has 11 heteroatoms. The standard InChI is InChI=1S/C26H23N5O6/c1-4-36-23-14-29-31(16-8-10-35-15-16)25(23)26(32)30-24-6-5-17(13-28-24)37-20-7-9-27-19-12-22(34-3)21(33-2)11-18(19)20/h5-15H,4H2,1-3H3,(H,28,30,32). The highest BCUT2D eigenvalue weighted by molar-refractivity contribution is 6.04. The van der Waals surface area contributed by atoms with Crippen LogP contribution in [-0.4, -0.2) is 46.5 Å². The molecule has 5 rings (SSSR count). The predicted molar refractivity (Wildman–Crippen MR) is 134 cm³/mol. The topological polar surface area (TPSA) is 123 Å². The smallest absolute Gasteiger partial charge is 0.279 e. The fourth-order valence-corrected chi connectivity index (χ4v) is 3.73. The Morgan fingerprint density at radius 1 is 1.00 bits per heavy atom. The molecule has 0 aliphatic carbocycles. The summed E-state index contributed by atoms with van der Waals surface area (Å²) < 4.78 is 29.0. The van der Waals surface area contributed by atoms with Crippen molar-refractivity contribution in [2.24, 2.45) is 0 Å². The molecule has 188 valence electrons. The Balaban J connectivity index is 1.37. The molecule has 11 nitrogen and oxygen atoms in total. The molecule has 1 N–H and O–H groups in total. The molecule has 37 heavy (non-hydrogen) atoms. The Morgan fingerprint density at radius 2 is 1.84 bits per heavy atom. The highest BCUT2D eigenvalue weighted by Crippen LogP contribution is 2.36. The number of rotatable bonds is 9. The van der Waals surface area contributed by atoms with Crippen molar-refractivity contribution in [3.8, 4) is 34.4 Å². The largest absolute Gasteiger partial charge is 0.493 e. The monoisotopic (exact) mass is 501 g/mol. The first-order chi connectivity index (χ1) is 18.1. The molecule has 0 spiro atoms. The Bertz CT molecular complexity index is 1530. The second kappa shape index (κ2) is 10.3. The molecule has 5 aromatic rings. The van der Waals surface area contributed by atoms with Crippen LogP contribution in [0.25, 0.3) is 16.6 Å². The number of methoxy groups -OCH3 is 2. The van der Waals surface area contributed by atoms with Crippen LogP contribution in [0.15, 0.2) is 71.9 Å². The third-order valence-electron chi connectivity index (χ3n) is 5.41. The molecule has 0 bridgehead atoms. The van der Waals surface area contributed by atoms with Gasteiger partial charge in [-0.1, -0.05) is 0 Å². The average molecular weight is 501 g/mol. The summed E-state index contributed by atoms with van der Waals surface area (Å²) in [6.07, 6.45) is 7.62. The number of fused-ring (bicyclic) bond motifs is 1. The van der Waals surface area contributed by atoms with E-state index in [2.05, 4.69) is 20.4 Å². The van der Waals surface area contributed by atoms with Gasteiger partial charge in [-0.05, 0) is 31.2 Å². The Kier molecular flexibility index (Phi) is 6.58. The highest BCUT2D eigenvalue weighted by Gasteiger charge is 2.22. The van der Waals surface area contributed by atoms with Gasteiger partial charge in [-0.25, -0.2) is 9.67 Å². The number of aromatic nitrogens is 4. The first kappa shape index (κ1) is 23.7. The minimum atomic E-state index is -0.440. The van der Waals surface area contributed by atoms with E-state index in [1.807, 2.05) is 6.92 Å². The minimum Gasteiger partial charge on any atom is -0.493 e. The van der Waals surface area contributed by atoms with Gasteiger partial charge in [0.1, 0.15) is 29.3 Å². The summed E-state index contributed by atoms with van der Waals surface area (Å²) in [7, 11) is 3.13. The van der Waals surface area contributed by atoms with Gasteiger partial charge in [0.15, 0.2) is 22.9 Å². The van der Waals surface area contributed by atoms with E-state index in [-0.39, 0.29) is 5.69 Å². The maximum Gasteiger partial charge on any atom is 0.279 e. The zero-order valence-electron chi connectivity index (χ0n) is 20.3. The molecule has 0 atom stereocenters. The summed E-state index contributed by atoms with van der Waals surface area (Å²) in [6.45, 7) is 2.21. The first-order valence-electron chi connectivity index (χ1n) is 11.3. The van der Waals surface area contributed by atoms with Gasteiger partial charge in [0.2, 0.25) is 0 Å². The number of hydrogen-bond acceptors (Lipinski definition) is 9. The fraction of sp³-hybridized carbons (Fsp3) is 0.154. The first-order valence-corrected chi connectivity index (χ1v) is 11.3. The number of amides is 1. The van der Waals surface area contributed by atoms with Crippen molar-refractivity contribution < 1.29 is 28.2 Å². The maximum absolute atomic E-state index is 13.1. The Hall–Kier alpha value is -5.06. The number of ether oxygens (including phenoxy) is 4. The SMILES string of the molecule is CCOc1cnn(-c2ccoc2)c1C(=O)Nc1ccc(Oc2ccnc3cc(OC)c(OC)cc23)cn1. The van der Waals surface area contributed by atoms with Crippen LogP contribution in [0.5, 0.6) is 28.7 Å². The second-order valence-electron chi connectivity index (χ2n) is 7.65. The van der Waals surface area contributed by atoms with Gasteiger partial charge in [-0.2, -0.15) is 5.10 Å². The third-order valence-corrected chi connectivity index (χ3v) is 5.41. The lowest BCUT2D eigenvalue weighted by Gasteiger charge is -2.12. The number of nitrogens with zero attached hydrogens (tertiary/aromatic N) is 4. The number of carbonyl (C=O) groups excluding carboxylic acids is 1. The number of benzene rings is 1. The number of furan rings is 1. The number of nitrogens with one attached hydrogen (secondary N) is 1. The Labute approximate surface area is 211 Å². The van der Waals surface area contributed by atoms with E-state index in [1.165, 1.54) is 29.6 Å². The van der Waals surface area contributed by atoms with E-state index < -0.39 is 5.91 Å². The zero-order valence-corrected chi connectivity index (χ0v) is 20.3. The second-order valence-corrected chi connectivity index (χ2v) is 7.65. The third kappa shape index (κ3) is 4.74. The summed E-state index contributed by atoms with van der Waals surface area (Å²) in [5, 5.41) is 7.78. The summed E-state index contributed by atoms with van der Waals surface area (Å²) in [5.41, 5.74) is 1.50. The molecule has 0 saturated heterocycles. The van der Waals surface area contributed by atoms with Crippen molar-refractivity contribution in [1.29, 1.82) is 0 Å². The quantitative estimate of drug-likeness (QED) is 0.301. The van der Waals surface area contributed by atoms with Crippen LogP contribution in [0.4, 0.5) is 5.82 Å². The maximum atomic E-state index is 13.1. The molecule has 0 saturated carbocycles. The van der Waals surface area contributed by atoms with Crippen molar-refractivity contribution >= 4 is 22.6 Å². The lowest BCUT2D eigenvalue weighted by Crippen LogP contribution is -2.18. The Morgan fingerprint density at radius 3 is 2.54 bits per heavy atom. The molecular formula is C26H23N5O6. The molecule has 0 aliphatic heterocycles. The van der Waals surface area contributed by atoms with Gasteiger partial charge < -0.3 is 28.7 Å². The van der Waals surface area contributed by atoms with Crippen LogP contribution < -0.4 is 24.3 Å². The molecule has 1 amide bonds. The van der Waals surface area contributed by atoms with E-state index in [0.717, 1.165) is 5.39 Å². The number of hydrogen-bond donors (Lipinski definition) is 1. The van der Waals surface area contributed by atoms with Crippen LogP contribution in [-0.2, 0) is 0 Å². The van der Waals surface area contributed by atoms with E-state index in [1.54, 1.807) is 56.8 Å². The van der Waals surface area contributed by atoms with Crippen molar-refractivity contribution in [2.45, 2.75) is 6.92 Å². The normalized spacial score (nSPS) is 10.8. The van der Waals surface area contributed by atoms with Crippen molar-refractivity contribution in [3.63, 3.8) is 0 Å². The van der Waals surface area contributed by atoms with Gasteiger partial charge in [-0.3, -0.25) is 9.78 Å². The van der Waals surface area contributed by atoms with Crippen molar-refractivity contribution in [3.05, 3.63) is 73.2 Å².